The number of piperidine rings is 1. The summed E-state index contributed by atoms with van der Waals surface area (Å²) in [7, 11) is 0. The van der Waals surface area contributed by atoms with Crippen molar-refractivity contribution in [3.05, 3.63) is 45.7 Å². The highest BCUT2D eigenvalue weighted by Gasteiger charge is 2.41. The SMILES string of the molecule is Cc1ccc2c(c1)C(=O)NCC1(CCN(C(=O)Cn3nc(C)c(Cl)c3C)CC1)O2. The van der Waals surface area contributed by atoms with Crippen molar-refractivity contribution in [1.29, 1.82) is 0 Å². The lowest BCUT2D eigenvalue weighted by molar-refractivity contribution is -0.135. The van der Waals surface area contributed by atoms with E-state index < -0.39 is 5.60 Å². The molecule has 3 heterocycles. The van der Waals surface area contributed by atoms with Crippen LogP contribution in [0.15, 0.2) is 18.2 Å². The number of nitrogens with zero attached hydrogens (tertiary/aromatic N) is 3. The Morgan fingerprint density at radius 2 is 2.00 bits per heavy atom. The van der Waals surface area contributed by atoms with Crippen LogP contribution in [-0.2, 0) is 11.3 Å². The fourth-order valence-corrected chi connectivity index (χ4v) is 4.15. The van der Waals surface area contributed by atoms with Crippen LogP contribution in [0.5, 0.6) is 5.75 Å². The Kier molecular flexibility index (Phi) is 5.02. The predicted molar refractivity (Wildman–Crippen MR) is 109 cm³/mol. The van der Waals surface area contributed by atoms with E-state index in [9.17, 15) is 9.59 Å². The van der Waals surface area contributed by atoms with E-state index in [0.717, 1.165) is 17.0 Å². The van der Waals surface area contributed by atoms with E-state index in [1.807, 2.05) is 43.9 Å². The van der Waals surface area contributed by atoms with Gasteiger partial charge in [0.1, 0.15) is 17.9 Å². The summed E-state index contributed by atoms with van der Waals surface area (Å²) in [5, 5.41) is 7.94. The number of carbonyl (C=O) groups excluding carboxylic acids is 2. The number of carbonyl (C=O) groups is 2. The van der Waals surface area contributed by atoms with E-state index in [4.69, 9.17) is 16.3 Å². The van der Waals surface area contributed by atoms with Gasteiger partial charge in [0.2, 0.25) is 5.91 Å². The molecule has 0 aliphatic carbocycles. The Bertz CT molecular complexity index is 977. The number of aryl methyl sites for hydroxylation is 2. The first-order valence-electron chi connectivity index (χ1n) is 9.83. The number of ether oxygens (including phenoxy) is 1. The van der Waals surface area contributed by atoms with Gasteiger partial charge in [0.05, 0.1) is 28.5 Å². The second kappa shape index (κ2) is 7.37. The number of hydrogen-bond acceptors (Lipinski definition) is 4. The zero-order chi connectivity index (χ0) is 20.8. The maximum Gasteiger partial charge on any atom is 0.255 e. The van der Waals surface area contributed by atoms with Gasteiger partial charge in [-0.15, -0.1) is 0 Å². The first-order chi connectivity index (χ1) is 13.8. The normalized spacial score (nSPS) is 18.1. The Hall–Kier alpha value is -2.54. The van der Waals surface area contributed by atoms with E-state index in [0.29, 0.717) is 48.8 Å². The van der Waals surface area contributed by atoms with Crippen molar-refractivity contribution in [2.24, 2.45) is 0 Å². The molecule has 2 aromatic rings. The molecule has 2 aliphatic heterocycles. The smallest absolute Gasteiger partial charge is 0.255 e. The molecule has 7 nitrogen and oxygen atoms in total. The van der Waals surface area contributed by atoms with Crippen LogP contribution in [-0.4, -0.2) is 51.7 Å². The lowest BCUT2D eigenvalue weighted by Crippen LogP contribution is -2.54. The van der Waals surface area contributed by atoms with Gasteiger partial charge in [-0.25, -0.2) is 0 Å². The quantitative estimate of drug-likeness (QED) is 0.816. The number of rotatable bonds is 2. The molecule has 1 aromatic heterocycles. The van der Waals surface area contributed by atoms with Crippen LogP contribution >= 0.6 is 11.6 Å². The highest BCUT2D eigenvalue weighted by atomic mass is 35.5. The highest BCUT2D eigenvalue weighted by Crippen LogP contribution is 2.33. The molecule has 29 heavy (non-hydrogen) atoms. The molecule has 1 N–H and O–H groups in total. The number of nitrogens with one attached hydrogen (secondary N) is 1. The van der Waals surface area contributed by atoms with Crippen LogP contribution in [0.25, 0.3) is 0 Å². The summed E-state index contributed by atoms with van der Waals surface area (Å²) in [6.07, 6.45) is 1.31. The Morgan fingerprint density at radius 3 is 2.66 bits per heavy atom. The van der Waals surface area contributed by atoms with Gasteiger partial charge in [-0.1, -0.05) is 23.2 Å². The van der Waals surface area contributed by atoms with Gasteiger partial charge in [0.25, 0.3) is 5.91 Å². The topological polar surface area (TPSA) is 76.5 Å². The lowest BCUT2D eigenvalue weighted by Gasteiger charge is -2.41. The minimum Gasteiger partial charge on any atom is -0.484 e. The van der Waals surface area contributed by atoms with E-state index >= 15 is 0 Å². The summed E-state index contributed by atoms with van der Waals surface area (Å²) in [6, 6.07) is 5.66. The highest BCUT2D eigenvalue weighted by molar-refractivity contribution is 6.31. The largest absolute Gasteiger partial charge is 0.484 e. The monoisotopic (exact) mass is 416 g/mol. The van der Waals surface area contributed by atoms with E-state index in [-0.39, 0.29) is 18.4 Å². The van der Waals surface area contributed by atoms with Gasteiger partial charge in [0, 0.05) is 25.9 Å². The van der Waals surface area contributed by atoms with Crippen LogP contribution in [0.3, 0.4) is 0 Å². The lowest BCUT2D eigenvalue weighted by atomic mass is 9.91. The van der Waals surface area contributed by atoms with Crippen molar-refractivity contribution in [3.63, 3.8) is 0 Å². The molecule has 1 aromatic carbocycles. The van der Waals surface area contributed by atoms with Gasteiger partial charge < -0.3 is 15.0 Å². The summed E-state index contributed by atoms with van der Waals surface area (Å²) < 4.78 is 8.00. The minimum atomic E-state index is -0.492. The van der Waals surface area contributed by atoms with Crippen molar-refractivity contribution >= 4 is 23.4 Å². The molecular weight excluding hydrogens is 392 g/mol. The first kappa shape index (κ1) is 19.8. The average Bonchev–Trinajstić information content (AvgIpc) is 2.86. The number of fused-ring (bicyclic) bond motifs is 1. The van der Waals surface area contributed by atoms with Crippen LogP contribution in [0.1, 0.15) is 40.2 Å². The fourth-order valence-electron chi connectivity index (χ4n) is 4.02. The van der Waals surface area contributed by atoms with Gasteiger partial charge in [-0.3, -0.25) is 14.3 Å². The molecule has 1 spiro atoms. The van der Waals surface area contributed by atoms with Gasteiger partial charge >= 0.3 is 0 Å². The third-order valence-corrected chi connectivity index (χ3v) is 6.43. The zero-order valence-electron chi connectivity index (χ0n) is 16.9. The van der Waals surface area contributed by atoms with Crippen molar-refractivity contribution < 1.29 is 14.3 Å². The second-order valence-corrected chi connectivity index (χ2v) is 8.37. The second-order valence-electron chi connectivity index (χ2n) is 7.99. The molecule has 4 rings (SSSR count). The Morgan fingerprint density at radius 1 is 1.28 bits per heavy atom. The average molecular weight is 417 g/mol. The summed E-state index contributed by atoms with van der Waals surface area (Å²) in [5.41, 5.74) is 2.62. The molecule has 2 aliphatic rings. The van der Waals surface area contributed by atoms with E-state index in [1.165, 1.54) is 0 Å². The van der Waals surface area contributed by atoms with Crippen LogP contribution in [0, 0.1) is 20.8 Å². The van der Waals surface area contributed by atoms with Gasteiger partial charge in [-0.05, 0) is 32.9 Å². The van der Waals surface area contributed by atoms with Crippen molar-refractivity contribution in [2.75, 3.05) is 19.6 Å². The van der Waals surface area contributed by atoms with Crippen molar-refractivity contribution in [3.8, 4) is 5.75 Å². The number of aromatic nitrogens is 2. The summed E-state index contributed by atoms with van der Waals surface area (Å²) in [5.74, 6) is 0.513. The molecule has 8 heteroatoms. The minimum absolute atomic E-state index is 0.01000. The zero-order valence-corrected chi connectivity index (χ0v) is 17.7. The standard InChI is InChI=1S/C21H25ClN4O3/c1-13-4-5-17-16(10-13)20(28)23-12-21(29-17)6-8-25(9-7-21)18(27)11-26-15(3)19(22)14(2)24-26/h4-5,10H,6-9,11-12H2,1-3H3,(H,23,28). The van der Waals surface area contributed by atoms with Crippen molar-refractivity contribution in [1.82, 2.24) is 20.0 Å². The Balaban J connectivity index is 1.44. The number of likely N-dealkylation sites (tertiary alicyclic amines) is 1. The maximum absolute atomic E-state index is 12.8. The van der Waals surface area contributed by atoms with Crippen molar-refractivity contribution in [2.45, 2.75) is 45.8 Å². The maximum atomic E-state index is 12.8. The number of benzene rings is 1. The number of halogens is 1. The summed E-state index contributed by atoms with van der Waals surface area (Å²) >= 11 is 6.18. The molecule has 154 valence electrons. The third-order valence-electron chi connectivity index (χ3n) is 5.88. The summed E-state index contributed by atoms with van der Waals surface area (Å²) in [4.78, 5) is 27.1. The molecule has 0 radical (unpaired) electrons. The summed E-state index contributed by atoms with van der Waals surface area (Å²) in [6.45, 7) is 7.40. The fraction of sp³-hybridized carbons (Fsp3) is 0.476. The molecule has 1 saturated heterocycles. The predicted octanol–water partition coefficient (Wildman–Crippen LogP) is 2.65. The molecule has 0 saturated carbocycles. The van der Waals surface area contributed by atoms with E-state index in [2.05, 4.69) is 10.4 Å². The van der Waals surface area contributed by atoms with E-state index in [1.54, 1.807) is 4.68 Å². The molecule has 2 amide bonds. The molecule has 1 fully saturated rings. The van der Waals surface area contributed by atoms with Gasteiger partial charge in [-0.2, -0.15) is 5.10 Å². The number of amides is 2. The molecular formula is C21H25ClN4O3. The molecule has 0 bridgehead atoms. The first-order valence-corrected chi connectivity index (χ1v) is 10.2. The van der Waals surface area contributed by atoms with Crippen LogP contribution in [0.4, 0.5) is 0 Å². The molecule has 0 atom stereocenters. The number of hydrogen-bond donors (Lipinski definition) is 1. The van der Waals surface area contributed by atoms with Crippen LogP contribution in [0.2, 0.25) is 5.02 Å². The molecule has 0 unspecified atom stereocenters. The van der Waals surface area contributed by atoms with Crippen LogP contribution < -0.4 is 10.1 Å². The third kappa shape index (κ3) is 3.71. The Labute approximate surface area is 175 Å². The van der Waals surface area contributed by atoms with Gasteiger partial charge in [0.15, 0.2) is 0 Å².